The number of carbonyl (C=O) groups excluding carboxylic acids is 2. The number of hydrogen-bond donors (Lipinski definition) is 2. The summed E-state index contributed by atoms with van der Waals surface area (Å²) in [5.41, 5.74) is 2.06. The lowest BCUT2D eigenvalue weighted by Crippen LogP contribution is -2.15. The van der Waals surface area contributed by atoms with Crippen molar-refractivity contribution in [3.8, 4) is 16.9 Å². The third-order valence-corrected chi connectivity index (χ3v) is 3.96. The third kappa shape index (κ3) is 5.78. The van der Waals surface area contributed by atoms with Gasteiger partial charge in [0.2, 0.25) is 0 Å². The number of carboxylic acid groups (broad SMARTS) is 1. The van der Waals surface area contributed by atoms with Crippen LogP contribution in [0.4, 0.5) is 5.69 Å². The Morgan fingerprint density at radius 1 is 0.833 bits per heavy atom. The van der Waals surface area contributed by atoms with Crippen molar-refractivity contribution in [2.75, 3.05) is 5.32 Å². The maximum absolute atomic E-state index is 12.6. The van der Waals surface area contributed by atoms with Crippen LogP contribution >= 0.6 is 0 Å². The average molecular weight is 405 g/mol. The molecule has 0 atom stereocenters. The van der Waals surface area contributed by atoms with Gasteiger partial charge in [0.05, 0.1) is 11.3 Å². The molecule has 0 heterocycles. The van der Waals surface area contributed by atoms with Crippen LogP contribution in [0, 0.1) is 0 Å². The Hall–Kier alpha value is -3.93. The van der Waals surface area contributed by atoms with E-state index in [0.29, 0.717) is 0 Å². The number of benzene rings is 3. The van der Waals surface area contributed by atoms with E-state index in [9.17, 15) is 19.5 Å². The third-order valence-electron chi connectivity index (χ3n) is 3.96. The number of carboxylic acids is 1. The van der Waals surface area contributed by atoms with Crippen LogP contribution in [0.25, 0.3) is 11.1 Å². The molecule has 0 aromatic heterocycles. The molecular weight excluding hydrogens is 382 g/mol. The van der Waals surface area contributed by atoms with E-state index < -0.39 is 17.8 Å². The first-order valence-corrected chi connectivity index (χ1v) is 9.46. The highest BCUT2D eigenvalue weighted by atomic mass is 16.5. The highest BCUT2D eigenvalue weighted by molar-refractivity contribution is 6.08. The second-order valence-electron chi connectivity index (χ2n) is 6.01. The van der Waals surface area contributed by atoms with E-state index in [2.05, 4.69) is 5.32 Å². The average Bonchev–Trinajstić information content (AvgIpc) is 2.75. The number of hydrogen-bond acceptors (Lipinski definition) is 4. The van der Waals surface area contributed by atoms with E-state index in [1.807, 2.05) is 44.2 Å². The molecule has 0 unspecified atom stereocenters. The van der Waals surface area contributed by atoms with Crippen LogP contribution in [0.3, 0.4) is 0 Å². The molecule has 0 radical (unpaired) electrons. The first kappa shape index (κ1) is 22.4. The van der Waals surface area contributed by atoms with E-state index in [4.69, 9.17) is 4.74 Å². The lowest BCUT2D eigenvalue weighted by molar-refractivity contribution is -0.131. The minimum Gasteiger partial charge on any atom is -0.478 e. The molecule has 0 aliphatic carbocycles. The highest BCUT2D eigenvalue weighted by Crippen LogP contribution is 2.26. The maximum Gasteiger partial charge on any atom is 0.337 e. The van der Waals surface area contributed by atoms with Gasteiger partial charge in [0, 0.05) is 12.5 Å². The van der Waals surface area contributed by atoms with Crippen molar-refractivity contribution in [1.29, 1.82) is 0 Å². The van der Waals surface area contributed by atoms with Crippen LogP contribution in [-0.2, 0) is 4.79 Å². The quantitative estimate of drug-likeness (QED) is 0.446. The summed E-state index contributed by atoms with van der Waals surface area (Å²) in [5, 5.41) is 12.1. The van der Waals surface area contributed by atoms with E-state index in [-0.39, 0.29) is 22.6 Å². The number of anilines is 1. The minimum atomic E-state index is -1.15. The number of ether oxygens (including phenoxy) is 1. The summed E-state index contributed by atoms with van der Waals surface area (Å²) in [5.74, 6) is -1.93. The van der Waals surface area contributed by atoms with Gasteiger partial charge in [-0.3, -0.25) is 9.59 Å². The molecule has 3 rings (SSSR count). The molecule has 0 saturated carbocycles. The molecule has 6 heteroatoms. The van der Waals surface area contributed by atoms with Crippen molar-refractivity contribution in [1.82, 2.24) is 0 Å². The van der Waals surface area contributed by atoms with Gasteiger partial charge in [-0.1, -0.05) is 56.3 Å². The molecule has 1 amide bonds. The molecule has 3 aromatic rings. The fourth-order valence-corrected chi connectivity index (χ4v) is 2.71. The summed E-state index contributed by atoms with van der Waals surface area (Å²) in [6, 6.07) is 20.3. The van der Waals surface area contributed by atoms with Crippen LogP contribution in [-0.4, -0.2) is 23.0 Å². The van der Waals surface area contributed by atoms with Gasteiger partial charge in [-0.2, -0.15) is 0 Å². The molecule has 0 saturated heterocycles. The zero-order chi connectivity index (χ0) is 22.1. The second kappa shape index (κ2) is 10.6. The van der Waals surface area contributed by atoms with Gasteiger partial charge >= 0.3 is 11.9 Å². The van der Waals surface area contributed by atoms with Crippen molar-refractivity contribution < 1.29 is 24.2 Å². The van der Waals surface area contributed by atoms with Crippen LogP contribution < -0.4 is 10.1 Å². The van der Waals surface area contributed by atoms with Gasteiger partial charge in [0.25, 0.3) is 5.91 Å². The molecule has 2 N–H and O–H groups in total. The predicted octanol–water partition coefficient (Wildman–Crippen LogP) is 5.26. The van der Waals surface area contributed by atoms with Gasteiger partial charge < -0.3 is 15.2 Å². The predicted molar refractivity (Wildman–Crippen MR) is 116 cm³/mol. The van der Waals surface area contributed by atoms with E-state index in [1.54, 1.807) is 30.3 Å². The molecule has 6 nitrogen and oxygen atoms in total. The zero-order valence-corrected chi connectivity index (χ0v) is 17.0. The van der Waals surface area contributed by atoms with Crippen molar-refractivity contribution in [2.45, 2.75) is 20.8 Å². The zero-order valence-electron chi connectivity index (χ0n) is 17.0. The van der Waals surface area contributed by atoms with Crippen LogP contribution in [0.15, 0.2) is 72.8 Å². The first-order chi connectivity index (χ1) is 14.4. The van der Waals surface area contributed by atoms with Crippen molar-refractivity contribution in [3.63, 3.8) is 0 Å². The van der Waals surface area contributed by atoms with E-state index >= 15 is 0 Å². The molecule has 0 aliphatic rings. The maximum atomic E-state index is 12.6. The largest absolute Gasteiger partial charge is 0.478 e. The summed E-state index contributed by atoms with van der Waals surface area (Å²) >= 11 is 0. The standard InChI is InChI=1S/C22H17NO5.C2H6/c1-14(24)28-18-9-5-8-17(12-18)21(25)23-20-13-16(10-11-19(20)22(26)27)15-6-3-2-4-7-15;1-2/h2-13H,1H3,(H,23,25)(H,26,27);1-2H3. The SMILES string of the molecule is CC.CC(=O)Oc1cccc(C(=O)Nc2cc(-c3ccccc3)ccc2C(=O)O)c1. The van der Waals surface area contributed by atoms with Crippen LogP contribution in [0.2, 0.25) is 0 Å². The number of esters is 1. The Labute approximate surface area is 175 Å². The number of amides is 1. The monoisotopic (exact) mass is 405 g/mol. The summed E-state index contributed by atoms with van der Waals surface area (Å²) in [4.78, 5) is 35.3. The summed E-state index contributed by atoms with van der Waals surface area (Å²) in [6.07, 6.45) is 0. The topological polar surface area (TPSA) is 92.7 Å². The summed E-state index contributed by atoms with van der Waals surface area (Å²) in [7, 11) is 0. The molecule has 0 bridgehead atoms. The van der Waals surface area contributed by atoms with Gasteiger partial charge in [-0.15, -0.1) is 0 Å². The molecule has 0 fully saturated rings. The van der Waals surface area contributed by atoms with Crippen LogP contribution in [0.1, 0.15) is 41.5 Å². The Balaban J connectivity index is 0.00000155. The van der Waals surface area contributed by atoms with Gasteiger partial charge in [0.1, 0.15) is 5.75 Å². The smallest absolute Gasteiger partial charge is 0.337 e. The molecule has 3 aromatic carbocycles. The highest BCUT2D eigenvalue weighted by Gasteiger charge is 2.15. The molecule has 0 spiro atoms. The van der Waals surface area contributed by atoms with Gasteiger partial charge in [-0.25, -0.2) is 4.79 Å². The van der Waals surface area contributed by atoms with Crippen molar-refractivity contribution in [3.05, 3.63) is 83.9 Å². The lowest BCUT2D eigenvalue weighted by atomic mass is 10.0. The van der Waals surface area contributed by atoms with Gasteiger partial charge in [0.15, 0.2) is 0 Å². The second-order valence-corrected chi connectivity index (χ2v) is 6.01. The lowest BCUT2D eigenvalue weighted by Gasteiger charge is -2.12. The van der Waals surface area contributed by atoms with Crippen molar-refractivity contribution in [2.24, 2.45) is 0 Å². The molecule has 154 valence electrons. The fraction of sp³-hybridized carbons (Fsp3) is 0.125. The minimum absolute atomic E-state index is 0.0239. The Morgan fingerprint density at radius 2 is 1.53 bits per heavy atom. The summed E-state index contributed by atoms with van der Waals surface area (Å²) < 4.78 is 4.98. The summed E-state index contributed by atoms with van der Waals surface area (Å²) in [6.45, 7) is 5.26. The number of carbonyl (C=O) groups is 3. The normalized spacial score (nSPS) is 9.70. The Bertz CT molecular complexity index is 1040. The van der Waals surface area contributed by atoms with E-state index in [1.165, 1.54) is 19.1 Å². The Kier molecular flexibility index (Phi) is 7.88. The molecular formula is C24H23NO5. The molecule has 0 aliphatic heterocycles. The first-order valence-electron chi connectivity index (χ1n) is 9.46. The fourth-order valence-electron chi connectivity index (χ4n) is 2.71. The number of rotatable bonds is 5. The van der Waals surface area contributed by atoms with Crippen molar-refractivity contribution >= 4 is 23.5 Å². The number of aromatic carboxylic acids is 1. The Morgan fingerprint density at radius 3 is 2.17 bits per heavy atom. The van der Waals surface area contributed by atoms with E-state index in [0.717, 1.165) is 11.1 Å². The molecule has 30 heavy (non-hydrogen) atoms. The van der Waals surface area contributed by atoms with Crippen LogP contribution in [0.5, 0.6) is 5.75 Å². The number of nitrogens with one attached hydrogen (secondary N) is 1. The van der Waals surface area contributed by atoms with Gasteiger partial charge in [-0.05, 0) is 41.5 Å².